The van der Waals surface area contributed by atoms with Crippen molar-refractivity contribution in [3.8, 4) is 0 Å². The van der Waals surface area contributed by atoms with E-state index in [2.05, 4.69) is 27.1 Å². The molecular weight excluding hydrogens is 741 g/mol. The largest absolute Gasteiger partial charge is 0.478 e. The number of amides is 1. The molecule has 11 nitrogen and oxygen atoms in total. The molecule has 0 spiro atoms. The first-order chi connectivity index (χ1) is 26.6. The number of aryl methyl sites for hydroxylation is 1. The molecule has 2 aromatic rings. The molecule has 5 aliphatic heterocycles. The molecule has 0 aromatic heterocycles. The van der Waals surface area contributed by atoms with E-state index < -0.39 is 17.9 Å². The molecule has 7 rings (SSSR count). The van der Waals surface area contributed by atoms with Gasteiger partial charge in [0.1, 0.15) is 0 Å². The molecule has 4 saturated heterocycles. The van der Waals surface area contributed by atoms with Gasteiger partial charge in [-0.15, -0.1) is 0 Å². The first kappa shape index (κ1) is 39.8. The molecule has 296 valence electrons. The number of carbonyl (C=O) groups excluding carboxylic acids is 1. The van der Waals surface area contributed by atoms with Gasteiger partial charge in [-0.25, -0.2) is 9.59 Å². The van der Waals surface area contributed by atoms with Crippen molar-refractivity contribution in [1.29, 1.82) is 0 Å². The van der Waals surface area contributed by atoms with Crippen LogP contribution in [-0.4, -0.2) is 125 Å². The van der Waals surface area contributed by atoms with Gasteiger partial charge in [-0.3, -0.25) is 9.69 Å². The molecule has 2 bridgehead atoms. The molecule has 5 heterocycles. The first-order valence-electron chi connectivity index (χ1n) is 19.8. The number of aliphatic carboxylic acids is 2. The second-order valence-electron chi connectivity index (χ2n) is 15.7. The van der Waals surface area contributed by atoms with Crippen molar-refractivity contribution < 1.29 is 29.3 Å². The Morgan fingerprint density at radius 3 is 2.04 bits per heavy atom. The quantitative estimate of drug-likeness (QED) is 0.203. The van der Waals surface area contributed by atoms with E-state index in [1.54, 1.807) is 18.2 Å². The highest BCUT2D eigenvalue weighted by atomic mass is 35.5. The monoisotopic (exact) mass is 793 g/mol. The summed E-state index contributed by atoms with van der Waals surface area (Å²) in [7, 11) is 2.24. The smallest absolute Gasteiger partial charge is 0.334 e. The molecule has 0 aliphatic carbocycles. The SMILES string of the molecule is CN1C2CCC1CC(N1CCN(C(=O)CC3=C(C(=O)O)C(c4c(Cl)cccc4Cl)C(C(=O)O)=C(CCc4ccccc4COCCN4CCCC4)N3)CC1)C2. The molecular formula is C42H53Cl2N5O6. The molecule has 4 fully saturated rings. The number of likely N-dealkylation sites (tertiary alicyclic amines) is 1. The zero-order chi connectivity index (χ0) is 38.6. The van der Waals surface area contributed by atoms with Gasteiger partial charge >= 0.3 is 11.9 Å². The fourth-order valence-electron chi connectivity index (χ4n) is 9.59. The van der Waals surface area contributed by atoms with Crippen LogP contribution in [0.5, 0.6) is 0 Å². The van der Waals surface area contributed by atoms with Crippen LogP contribution in [0, 0.1) is 0 Å². The summed E-state index contributed by atoms with van der Waals surface area (Å²) in [6.45, 7) is 6.80. The Labute approximate surface area is 333 Å². The summed E-state index contributed by atoms with van der Waals surface area (Å²) in [5.41, 5.74) is 2.29. The number of carbonyl (C=O) groups is 3. The number of piperazine rings is 1. The highest BCUT2D eigenvalue weighted by molar-refractivity contribution is 6.36. The van der Waals surface area contributed by atoms with Crippen LogP contribution >= 0.6 is 23.2 Å². The van der Waals surface area contributed by atoms with Crippen LogP contribution in [0.4, 0.5) is 0 Å². The number of rotatable bonds is 14. The van der Waals surface area contributed by atoms with Crippen LogP contribution in [0.1, 0.15) is 74.0 Å². The third-order valence-electron chi connectivity index (χ3n) is 12.6. The fourth-order valence-corrected chi connectivity index (χ4v) is 10.2. The van der Waals surface area contributed by atoms with Crippen molar-refractivity contribution in [3.63, 3.8) is 0 Å². The van der Waals surface area contributed by atoms with E-state index in [9.17, 15) is 24.6 Å². The van der Waals surface area contributed by atoms with Crippen LogP contribution in [0.15, 0.2) is 65.0 Å². The van der Waals surface area contributed by atoms with Crippen LogP contribution < -0.4 is 5.32 Å². The van der Waals surface area contributed by atoms with Gasteiger partial charge in [-0.2, -0.15) is 0 Å². The summed E-state index contributed by atoms with van der Waals surface area (Å²) >= 11 is 13.4. The number of benzene rings is 2. The Kier molecular flexibility index (Phi) is 12.9. The molecule has 2 aromatic carbocycles. The number of allylic oxidation sites excluding steroid dienone is 1. The number of hydrogen-bond donors (Lipinski definition) is 3. The fraction of sp³-hybridized carbons (Fsp3) is 0.548. The van der Waals surface area contributed by atoms with Gasteiger partial charge in [0.05, 0.1) is 36.7 Å². The minimum atomic E-state index is -1.34. The number of piperidine rings is 1. The van der Waals surface area contributed by atoms with Crippen molar-refractivity contribution in [2.75, 3.05) is 59.5 Å². The lowest BCUT2D eigenvalue weighted by atomic mass is 9.78. The molecule has 0 radical (unpaired) electrons. The van der Waals surface area contributed by atoms with Gasteiger partial charge in [0.15, 0.2) is 0 Å². The highest BCUT2D eigenvalue weighted by Gasteiger charge is 2.43. The Morgan fingerprint density at radius 2 is 1.40 bits per heavy atom. The predicted molar refractivity (Wildman–Crippen MR) is 212 cm³/mol. The van der Waals surface area contributed by atoms with Crippen LogP contribution in [-0.2, 0) is 32.1 Å². The lowest BCUT2D eigenvalue weighted by Crippen LogP contribution is -2.56. The Hall–Kier alpha value is -3.45. The maximum atomic E-state index is 14.0. The zero-order valence-corrected chi connectivity index (χ0v) is 33.2. The predicted octanol–water partition coefficient (Wildman–Crippen LogP) is 5.76. The average molecular weight is 795 g/mol. The number of fused-ring (bicyclic) bond motifs is 2. The van der Waals surface area contributed by atoms with Gasteiger partial charge in [0.25, 0.3) is 0 Å². The Morgan fingerprint density at radius 1 is 0.782 bits per heavy atom. The number of nitrogens with one attached hydrogen (secondary N) is 1. The van der Waals surface area contributed by atoms with E-state index in [1.807, 2.05) is 29.2 Å². The van der Waals surface area contributed by atoms with E-state index in [1.165, 1.54) is 25.7 Å². The molecule has 5 aliphatic rings. The van der Waals surface area contributed by atoms with Crippen LogP contribution in [0.2, 0.25) is 10.0 Å². The number of ether oxygens (including phenoxy) is 1. The van der Waals surface area contributed by atoms with Crippen molar-refractivity contribution in [3.05, 3.63) is 91.7 Å². The van der Waals surface area contributed by atoms with Crippen molar-refractivity contribution in [1.82, 2.24) is 24.9 Å². The number of carboxylic acids is 2. The van der Waals surface area contributed by atoms with E-state index in [4.69, 9.17) is 27.9 Å². The minimum Gasteiger partial charge on any atom is -0.478 e. The Bertz CT molecular complexity index is 1790. The molecule has 0 saturated carbocycles. The van der Waals surface area contributed by atoms with E-state index >= 15 is 0 Å². The molecule has 3 N–H and O–H groups in total. The molecule has 3 atom stereocenters. The van der Waals surface area contributed by atoms with Crippen LogP contribution in [0.3, 0.4) is 0 Å². The molecule has 1 amide bonds. The zero-order valence-electron chi connectivity index (χ0n) is 31.7. The first-order valence-corrected chi connectivity index (χ1v) is 20.6. The normalized spacial score (nSPS) is 25.1. The van der Waals surface area contributed by atoms with E-state index in [0.717, 1.165) is 56.7 Å². The minimum absolute atomic E-state index is 0.149. The van der Waals surface area contributed by atoms with Gasteiger partial charge < -0.3 is 35.0 Å². The number of nitrogens with zero attached hydrogens (tertiary/aromatic N) is 4. The van der Waals surface area contributed by atoms with Crippen molar-refractivity contribution in [2.24, 2.45) is 0 Å². The maximum Gasteiger partial charge on any atom is 0.334 e. The average Bonchev–Trinajstić information content (AvgIpc) is 3.74. The molecule has 3 unspecified atom stereocenters. The van der Waals surface area contributed by atoms with Gasteiger partial charge in [-0.1, -0.05) is 53.5 Å². The summed E-state index contributed by atoms with van der Waals surface area (Å²) < 4.78 is 6.08. The third kappa shape index (κ3) is 8.92. The van der Waals surface area contributed by atoms with Crippen LogP contribution in [0.25, 0.3) is 0 Å². The second kappa shape index (κ2) is 17.8. The Balaban J connectivity index is 1.11. The molecule has 55 heavy (non-hydrogen) atoms. The summed E-state index contributed by atoms with van der Waals surface area (Å²) in [5, 5.41) is 25.0. The number of carboxylic acid groups (broad SMARTS) is 2. The topological polar surface area (TPSA) is 126 Å². The number of dihydropyridines is 1. The summed E-state index contributed by atoms with van der Waals surface area (Å²) in [5.74, 6) is -4.14. The van der Waals surface area contributed by atoms with Gasteiger partial charge in [0.2, 0.25) is 5.91 Å². The molecule has 13 heteroatoms. The third-order valence-corrected chi connectivity index (χ3v) is 13.3. The summed E-state index contributed by atoms with van der Waals surface area (Å²) in [6.07, 6.45) is 7.75. The lowest BCUT2D eigenvalue weighted by molar-refractivity contribution is -0.133. The lowest BCUT2D eigenvalue weighted by Gasteiger charge is -2.45. The number of halogens is 2. The number of hydrogen-bond acceptors (Lipinski definition) is 8. The highest BCUT2D eigenvalue weighted by Crippen LogP contribution is 2.45. The van der Waals surface area contributed by atoms with E-state index in [-0.39, 0.29) is 51.2 Å². The summed E-state index contributed by atoms with van der Waals surface area (Å²) in [4.78, 5) is 49.7. The van der Waals surface area contributed by atoms with E-state index in [0.29, 0.717) is 56.5 Å². The van der Waals surface area contributed by atoms with Crippen molar-refractivity contribution >= 4 is 41.0 Å². The maximum absolute atomic E-state index is 14.0. The second-order valence-corrected chi connectivity index (χ2v) is 16.5. The summed E-state index contributed by atoms with van der Waals surface area (Å²) in [6, 6.07) is 14.5. The van der Waals surface area contributed by atoms with Crippen molar-refractivity contribution in [2.45, 2.75) is 88.4 Å². The van der Waals surface area contributed by atoms with Gasteiger partial charge in [-0.05, 0) is 94.8 Å². The van der Waals surface area contributed by atoms with Gasteiger partial charge in [0, 0.05) is 77.9 Å². The standard InChI is InChI=1S/C42H53Cl2N5O6/c1-46-29-12-13-30(46)24-31(23-29)48-17-19-49(20-18-48)36(50)25-35-39(42(53)54)40(37-32(43)9-6-10-33(37)44)38(41(51)52)34(45-35)14-11-27-7-2-3-8-28(27)26-55-22-21-47-15-4-5-16-47/h2-3,6-10,29-31,40,45H,4-5,11-26H2,1H3,(H,51,52)(H,53,54).